The van der Waals surface area contributed by atoms with E-state index < -0.39 is 5.97 Å². The number of anilines is 2. The fourth-order valence-corrected chi connectivity index (χ4v) is 4.89. The molecule has 0 bridgehead atoms. The number of hydrogen-bond acceptors (Lipinski definition) is 5. The summed E-state index contributed by atoms with van der Waals surface area (Å²) in [7, 11) is 3.99. The smallest absolute Gasteiger partial charge is 0.309 e. The quantitative estimate of drug-likeness (QED) is 0.211. The molecule has 212 valence electrons. The Bertz CT molecular complexity index is 1770. The predicted octanol–water partition coefficient (Wildman–Crippen LogP) is 7.38. The van der Waals surface area contributed by atoms with Crippen molar-refractivity contribution in [2.75, 3.05) is 24.3 Å². The van der Waals surface area contributed by atoms with Gasteiger partial charge in [0.1, 0.15) is 5.69 Å². The summed E-state index contributed by atoms with van der Waals surface area (Å²) in [5.74, 6) is -0.287. The predicted molar refractivity (Wildman–Crippen MR) is 169 cm³/mol. The van der Waals surface area contributed by atoms with E-state index in [0.717, 1.165) is 39.2 Å². The standard InChI is InChI=1S/C35H34N4O3/c1-22-11-9-13-31(24(22)3)39-35(42-25(4)40)32(33(37-39)27-16-20-29(21-17-27)38(5)6)26-14-18-28(19-15-26)36-34(41)30-12-8-7-10-23(30)2/h7-21H,1-6H3,(H,36,41). The van der Waals surface area contributed by atoms with Crippen molar-refractivity contribution < 1.29 is 14.3 Å². The molecule has 1 aromatic heterocycles. The van der Waals surface area contributed by atoms with Gasteiger partial charge in [-0.05, 0) is 79.4 Å². The normalized spacial score (nSPS) is 10.8. The molecule has 0 saturated heterocycles. The van der Waals surface area contributed by atoms with Crippen molar-refractivity contribution in [3.63, 3.8) is 0 Å². The van der Waals surface area contributed by atoms with Crippen molar-refractivity contribution >= 4 is 23.3 Å². The molecule has 0 aliphatic carbocycles. The van der Waals surface area contributed by atoms with Gasteiger partial charge in [-0.25, -0.2) is 0 Å². The topological polar surface area (TPSA) is 76.5 Å². The van der Waals surface area contributed by atoms with E-state index in [-0.39, 0.29) is 5.91 Å². The summed E-state index contributed by atoms with van der Waals surface area (Å²) >= 11 is 0. The first kappa shape index (κ1) is 28.4. The second kappa shape index (κ2) is 11.7. The molecule has 1 N–H and O–H groups in total. The van der Waals surface area contributed by atoms with Gasteiger partial charge < -0.3 is 15.0 Å². The molecule has 0 fully saturated rings. The van der Waals surface area contributed by atoms with Gasteiger partial charge in [-0.2, -0.15) is 9.78 Å². The third-order valence-electron chi connectivity index (χ3n) is 7.37. The SMILES string of the molecule is CC(=O)Oc1c(-c2ccc(NC(=O)c3ccccc3C)cc2)c(-c2ccc(N(C)C)cc2)nn1-c1cccc(C)c1C. The highest BCUT2D eigenvalue weighted by Crippen LogP contribution is 2.42. The van der Waals surface area contributed by atoms with Crippen LogP contribution in [-0.2, 0) is 4.79 Å². The fraction of sp³-hybridized carbons (Fsp3) is 0.171. The van der Waals surface area contributed by atoms with E-state index in [2.05, 4.69) is 5.32 Å². The molecule has 1 amide bonds. The number of nitrogens with one attached hydrogen (secondary N) is 1. The molecule has 7 heteroatoms. The Morgan fingerprint density at radius 3 is 2.07 bits per heavy atom. The van der Waals surface area contributed by atoms with Crippen LogP contribution in [0.1, 0.15) is 34.0 Å². The largest absolute Gasteiger partial charge is 0.407 e. The van der Waals surface area contributed by atoms with Crippen molar-refractivity contribution in [2.45, 2.75) is 27.7 Å². The van der Waals surface area contributed by atoms with Crippen molar-refractivity contribution in [2.24, 2.45) is 0 Å². The molecule has 0 atom stereocenters. The maximum absolute atomic E-state index is 12.9. The lowest BCUT2D eigenvalue weighted by Gasteiger charge is -2.13. The van der Waals surface area contributed by atoms with E-state index in [1.54, 1.807) is 10.7 Å². The first-order chi connectivity index (χ1) is 20.1. The minimum absolute atomic E-state index is 0.175. The number of ether oxygens (including phenoxy) is 1. The Balaban J connectivity index is 1.65. The van der Waals surface area contributed by atoms with Crippen molar-refractivity contribution in [3.8, 4) is 34.0 Å². The van der Waals surface area contributed by atoms with Crippen LogP contribution in [0.4, 0.5) is 11.4 Å². The van der Waals surface area contributed by atoms with Crippen LogP contribution in [0.2, 0.25) is 0 Å². The van der Waals surface area contributed by atoms with Gasteiger partial charge in [-0.3, -0.25) is 9.59 Å². The van der Waals surface area contributed by atoms with Crippen LogP contribution in [0.3, 0.4) is 0 Å². The second-order valence-electron chi connectivity index (χ2n) is 10.5. The molecule has 5 rings (SSSR count). The molecule has 7 nitrogen and oxygen atoms in total. The summed E-state index contributed by atoms with van der Waals surface area (Å²) < 4.78 is 7.60. The van der Waals surface area contributed by atoms with E-state index in [4.69, 9.17) is 9.84 Å². The third-order valence-corrected chi connectivity index (χ3v) is 7.37. The maximum atomic E-state index is 12.9. The summed E-state index contributed by atoms with van der Waals surface area (Å²) in [4.78, 5) is 27.4. The van der Waals surface area contributed by atoms with Crippen LogP contribution >= 0.6 is 0 Å². The number of aryl methyl sites for hydroxylation is 2. The monoisotopic (exact) mass is 558 g/mol. The third kappa shape index (κ3) is 5.67. The minimum Gasteiger partial charge on any atom is -0.407 e. The van der Waals surface area contributed by atoms with Gasteiger partial charge in [0.15, 0.2) is 0 Å². The lowest BCUT2D eigenvalue weighted by atomic mass is 10.0. The molecule has 0 unspecified atom stereocenters. The minimum atomic E-state index is -0.445. The molecular weight excluding hydrogens is 524 g/mol. The van der Waals surface area contributed by atoms with Crippen LogP contribution in [0.25, 0.3) is 28.1 Å². The average Bonchev–Trinajstić information content (AvgIpc) is 3.33. The Labute approximate surface area is 246 Å². The molecule has 4 aromatic carbocycles. The van der Waals surface area contributed by atoms with Crippen molar-refractivity contribution in [3.05, 3.63) is 113 Å². The Morgan fingerprint density at radius 2 is 1.43 bits per heavy atom. The lowest BCUT2D eigenvalue weighted by molar-refractivity contribution is -0.132. The highest BCUT2D eigenvalue weighted by Gasteiger charge is 2.25. The second-order valence-corrected chi connectivity index (χ2v) is 10.5. The van der Waals surface area contributed by atoms with Gasteiger partial charge in [0.2, 0.25) is 5.88 Å². The molecule has 0 aliphatic heterocycles. The van der Waals surface area contributed by atoms with Gasteiger partial charge in [0.05, 0.1) is 11.3 Å². The highest BCUT2D eigenvalue weighted by molar-refractivity contribution is 6.05. The molecule has 0 spiro atoms. The number of rotatable bonds is 7. The van der Waals surface area contributed by atoms with Crippen molar-refractivity contribution in [1.29, 1.82) is 0 Å². The van der Waals surface area contributed by atoms with E-state index in [1.165, 1.54) is 6.92 Å². The molecule has 42 heavy (non-hydrogen) atoms. The average molecular weight is 559 g/mol. The molecule has 5 aromatic rings. The Hall–Kier alpha value is -5.17. The number of amides is 1. The Morgan fingerprint density at radius 1 is 0.786 bits per heavy atom. The molecule has 0 radical (unpaired) electrons. The molecule has 0 saturated carbocycles. The molecular formula is C35H34N4O3. The number of benzene rings is 4. The number of nitrogens with zero attached hydrogens (tertiary/aromatic N) is 3. The first-order valence-electron chi connectivity index (χ1n) is 13.8. The first-order valence-corrected chi connectivity index (χ1v) is 13.8. The summed E-state index contributed by atoms with van der Waals surface area (Å²) in [6.07, 6.45) is 0. The van der Waals surface area contributed by atoms with Crippen LogP contribution < -0.4 is 15.0 Å². The van der Waals surface area contributed by atoms with Gasteiger partial charge in [0.25, 0.3) is 5.91 Å². The van der Waals surface area contributed by atoms with E-state index in [1.807, 2.05) is 125 Å². The number of esters is 1. The van der Waals surface area contributed by atoms with Crippen molar-refractivity contribution in [1.82, 2.24) is 9.78 Å². The van der Waals surface area contributed by atoms with Crippen LogP contribution in [0.5, 0.6) is 5.88 Å². The number of carbonyl (C=O) groups excluding carboxylic acids is 2. The van der Waals surface area contributed by atoms with Gasteiger partial charge >= 0.3 is 5.97 Å². The number of carbonyl (C=O) groups is 2. The van der Waals surface area contributed by atoms with E-state index in [9.17, 15) is 9.59 Å². The van der Waals surface area contributed by atoms with Gasteiger partial charge in [-0.15, -0.1) is 0 Å². The zero-order chi connectivity index (χ0) is 30.0. The zero-order valence-electron chi connectivity index (χ0n) is 24.7. The van der Waals surface area contributed by atoms with E-state index >= 15 is 0 Å². The summed E-state index contributed by atoms with van der Waals surface area (Å²) in [5, 5.41) is 8.02. The lowest BCUT2D eigenvalue weighted by Crippen LogP contribution is -2.13. The van der Waals surface area contributed by atoms with Gasteiger partial charge in [0, 0.05) is 43.5 Å². The van der Waals surface area contributed by atoms with Gasteiger partial charge in [-0.1, -0.05) is 54.6 Å². The highest BCUT2D eigenvalue weighted by atomic mass is 16.5. The maximum Gasteiger partial charge on any atom is 0.309 e. The van der Waals surface area contributed by atoms with E-state index in [0.29, 0.717) is 28.4 Å². The summed E-state index contributed by atoms with van der Waals surface area (Å²) in [6, 6.07) is 29.0. The summed E-state index contributed by atoms with van der Waals surface area (Å²) in [5.41, 5.74) is 9.22. The zero-order valence-corrected chi connectivity index (χ0v) is 24.7. The number of aromatic nitrogens is 2. The molecule has 1 heterocycles. The molecule has 0 aliphatic rings. The van der Waals surface area contributed by atoms with Crippen LogP contribution in [0, 0.1) is 20.8 Å². The Kier molecular flexibility index (Phi) is 7.93. The number of hydrogen-bond donors (Lipinski definition) is 1. The summed E-state index contributed by atoms with van der Waals surface area (Å²) in [6.45, 7) is 7.37. The van der Waals surface area contributed by atoms with Crippen LogP contribution in [0.15, 0.2) is 91.0 Å². The fourth-order valence-electron chi connectivity index (χ4n) is 4.89. The van der Waals surface area contributed by atoms with Crippen LogP contribution in [-0.4, -0.2) is 35.8 Å².